The number of nitrogens with zero attached hydrogens (tertiary/aromatic N) is 3. The number of likely N-dealkylation sites (N-methyl/N-ethyl adjacent to an activating group) is 1. The molecule has 2 aromatic carbocycles. The van der Waals surface area contributed by atoms with Crippen molar-refractivity contribution in [2.24, 2.45) is 17.8 Å². The lowest BCUT2D eigenvalue weighted by Gasteiger charge is -2.41. The monoisotopic (exact) mass is 719 g/mol. The van der Waals surface area contributed by atoms with Crippen LogP contribution in [0.5, 0.6) is 0 Å². The van der Waals surface area contributed by atoms with Crippen molar-refractivity contribution in [2.45, 2.75) is 88.8 Å². The van der Waals surface area contributed by atoms with Gasteiger partial charge in [-0.05, 0) is 49.8 Å². The van der Waals surface area contributed by atoms with Crippen LogP contribution in [0.25, 0.3) is 0 Å². The molecule has 11 heteroatoms. The number of aliphatic hydroxyl groups excluding tert-OH is 1. The Bertz CT molecular complexity index is 1620. The Morgan fingerprint density at radius 3 is 2.43 bits per heavy atom. The standard InChI is InChI=1S/C40H50ClN3O7/c1-7-10-20-32(46)42(6)26(5)35(27-16-12-11-13-17-27)50-39(49)33-31-21-22-40(51-31)34(33)37(47)44(30(24-45)25(4)9-3)36(40)38(48)43(23-8-2)29-19-15-14-18-28(29)41/h7-8,11-19,25-26,30-31,33-36,45H,1-2,9-10,20-24H2,3-6H3/t25-,26-,30-,31-,33+,34+,35+,36-,40+/m0/s1. The molecule has 0 unspecified atom stereocenters. The highest BCUT2D eigenvalue weighted by Gasteiger charge is 2.76. The second-order valence-electron chi connectivity index (χ2n) is 14.0. The summed E-state index contributed by atoms with van der Waals surface area (Å²) in [7, 11) is 1.68. The number of rotatable bonds is 16. The first-order chi connectivity index (χ1) is 24.5. The third-order valence-electron chi connectivity index (χ3n) is 11.2. The van der Waals surface area contributed by atoms with Crippen LogP contribution in [0.2, 0.25) is 5.02 Å². The number of ether oxygens (including phenoxy) is 2. The van der Waals surface area contributed by atoms with Gasteiger partial charge in [-0.25, -0.2) is 0 Å². The molecule has 274 valence electrons. The minimum Gasteiger partial charge on any atom is -0.455 e. The molecule has 51 heavy (non-hydrogen) atoms. The number of amides is 3. The van der Waals surface area contributed by atoms with E-state index in [0.29, 0.717) is 42.0 Å². The molecular weight excluding hydrogens is 670 g/mol. The molecule has 2 aromatic rings. The number of esters is 1. The van der Waals surface area contributed by atoms with Crippen molar-refractivity contribution in [3.63, 3.8) is 0 Å². The number of aliphatic hydroxyl groups is 1. The van der Waals surface area contributed by atoms with Crippen LogP contribution in [0, 0.1) is 17.8 Å². The number of fused-ring (bicyclic) bond motifs is 1. The van der Waals surface area contributed by atoms with E-state index in [2.05, 4.69) is 13.2 Å². The number of carbonyl (C=O) groups excluding carboxylic acids is 4. The van der Waals surface area contributed by atoms with Crippen molar-refractivity contribution in [1.29, 1.82) is 0 Å². The number of allylic oxidation sites excluding steroid dienone is 1. The largest absolute Gasteiger partial charge is 0.455 e. The molecule has 1 spiro atoms. The normalized spacial score (nSPS) is 25.8. The Balaban J connectivity index is 1.55. The Morgan fingerprint density at radius 1 is 1.12 bits per heavy atom. The molecule has 1 N–H and O–H groups in total. The molecular formula is C40H50ClN3O7. The minimum absolute atomic E-state index is 0.111. The van der Waals surface area contributed by atoms with Crippen molar-refractivity contribution < 1.29 is 33.8 Å². The van der Waals surface area contributed by atoms with Gasteiger partial charge < -0.3 is 29.3 Å². The molecule has 3 fully saturated rings. The molecule has 9 atom stereocenters. The van der Waals surface area contributed by atoms with Gasteiger partial charge in [0.05, 0.1) is 47.3 Å². The van der Waals surface area contributed by atoms with Crippen molar-refractivity contribution in [3.8, 4) is 0 Å². The number of anilines is 1. The topological polar surface area (TPSA) is 117 Å². The Labute approximate surface area is 306 Å². The van der Waals surface area contributed by atoms with Gasteiger partial charge in [0.25, 0.3) is 5.91 Å². The summed E-state index contributed by atoms with van der Waals surface area (Å²) >= 11 is 6.61. The zero-order chi connectivity index (χ0) is 37.0. The van der Waals surface area contributed by atoms with Gasteiger partial charge in [-0.3, -0.25) is 19.2 Å². The van der Waals surface area contributed by atoms with Gasteiger partial charge in [0.1, 0.15) is 17.7 Å². The van der Waals surface area contributed by atoms with Gasteiger partial charge in [-0.15, -0.1) is 13.2 Å². The van der Waals surface area contributed by atoms with E-state index in [1.54, 1.807) is 48.4 Å². The molecule has 0 aromatic heterocycles. The molecule has 5 rings (SSSR count). The van der Waals surface area contributed by atoms with Gasteiger partial charge in [-0.1, -0.05) is 86.5 Å². The summed E-state index contributed by atoms with van der Waals surface area (Å²) in [6, 6.07) is 13.8. The number of para-hydroxylation sites is 1. The van der Waals surface area contributed by atoms with Crippen LogP contribution in [0.1, 0.15) is 64.5 Å². The van der Waals surface area contributed by atoms with E-state index in [1.165, 1.54) is 9.80 Å². The van der Waals surface area contributed by atoms with E-state index in [1.807, 2.05) is 51.1 Å². The summed E-state index contributed by atoms with van der Waals surface area (Å²) in [5.41, 5.74) is -0.185. The quantitative estimate of drug-likeness (QED) is 0.174. The first kappa shape index (κ1) is 38.2. The zero-order valence-corrected chi connectivity index (χ0v) is 30.7. The van der Waals surface area contributed by atoms with Crippen LogP contribution in [0.3, 0.4) is 0 Å². The first-order valence-corrected chi connectivity index (χ1v) is 18.2. The predicted molar refractivity (Wildman–Crippen MR) is 196 cm³/mol. The Hall–Kier alpha value is -3.99. The van der Waals surface area contributed by atoms with E-state index in [0.717, 1.165) is 0 Å². The summed E-state index contributed by atoms with van der Waals surface area (Å²) in [6.07, 6.45) is 4.00. The Kier molecular flexibility index (Phi) is 12.1. The number of carbonyl (C=O) groups is 4. The lowest BCUT2D eigenvalue weighted by atomic mass is 9.70. The van der Waals surface area contributed by atoms with E-state index >= 15 is 0 Å². The van der Waals surface area contributed by atoms with Crippen LogP contribution >= 0.6 is 11.6 Å². The lowest BCUT2D eigenvalue weighted by molar-refractivity contribution is -0.165. The zero-order valence-electron chi connectivity index (χ0n) is 29.9. The molecule has 3 amide bonds. The SMILES string of the molecule is C=CCCC(=O)N(C)[C@@H](C)[C@@H](OC(=O)[C@@H]1[C@@H]2CC[C@]3(O2)[C@H](C(=O)N(CC=C)c2ccccc2Cl)N([C@@H](CO)[C@@H](C)CC)C(=O)[C@@H]13)c1ccccc1. The second-order valence-corrected chi connectivity index (χ2v) is 14.4. The predicted octanol–water partition coefficient (Wildman–Crippen LogP) is 5.74. The van der Waals surface area contributed by atoms with Crippen molar-refractivity contribution in [3.05, 3.63) is 90.5 Å². The Morgan fingerprint density at radius 2 is 1.80 bits per heavy atom. The fraction of sp³-hybridized carbons (Fsp3) is 0.500. The minimum atomic E-state index is -1.34. The van der Waals surface area contributed by atoms with Crippen LogP contribution in [-0.4, -0.2) is 88.6 Å². The average Bonchev–Trinajstić information content (AvgIpc) is 3.79. The second kappa shape index (κ2) is 16.1. The van der Waals surface area contributed by atoms with E-state index in [-0.39, 0.29) is 31.4 Å². The third-order valence-corrected chi connectivity index (χ3v) is 11.5. The maximum absolute atomic E-state index is 14.9. The van der Waals surface area contributed by atoms with Crippen molar-refractivity contribution in [2.75, 3.05) is 25.1 Å². The van der Waals surface area contributed by atoms with Crippen molar-refractivity contribution in [1.82, 2.24) is 9.80 Å². The molecule has 0 radical (unpaired) electrons. The molecule has 3 aliphatic rings. The summed E-state index contributed by atoms with van der Waals surface area (Å²) < 4.78 is 13.0. The highest BCUT2D eigenvalue weighted by molar-refractivity contribution is 6.34. The van der Waals surface area contributed by atoms with Crippen LogP contribution in [0.15, 0.2) is 79.9 Å². The van der Waals surface area contributed by atoms with E-state index in [9.17, 15) is 24.3 Å². The number of hydrogen-bond donors (Lipinski definition) is 1. The lowest BCUT2D eigenvalue weighted by Crippen LogP contribution is -2.60. The van der Waals surface area contributed by atoms with Gasteiger partial charge >= 0.3 is 5.97 Å². The summed E-state index contributed by atoms with van der Waals surface area (Å²) in [6.45, 7) is 13.0. The number of likely N-dealkylation sites (tertiary alicyclic amines) is 1. The van der Waals surface area contributed by atoms with Crippen molar-refractivity contribution >= 4 is 41.0 Å². The fourth-order valence-corrected chi connectivity index (χ4v) is 8.43. The number of benzene rings is 2. The molecule has 2 bridgehead atoms. The van der Waals surface area contributed by atoms with Gasteiger partial charge in [0.15, 0.2) is 0 Å². The highest BCUT2D eigenvalue weighted by atomic mass is 35.5. The van der Waals surface area contributed by atoms with E-state index < -0.39 is 65.6 Å². The van der Waals surface area contributed by atoms with Crippen LogP contribution < -0.4 is 4.90 Å². The summed E-state index contributed by atoms with van der Waals surface area (Å²) in [4.78, 5) is 61.9. The molecule has 3 aliphatic heterocycles. The van der Waals surface area contributed by atoms with Gasteiger partial charge in [0, 0.05) is 20.0 Å². The molecule has 3 heterocycles. The summed E-state index contributed by atoms with van der Waals surface area (Å²) in [5, 5.41) is 11.1. The maximum atomic E-state index is 14.9. The maximum Gasteiger partial charge on any atom is 0.313 e. The first-order valence-electron chi connectivity index (χ1n) is 17.9. The number of halogens is 1. The van der Waals surface area contributed by atoms with Gasteiger partial charge in [-0.2, -0.15) is 0 Å². The smallest absolute Gasteiger partial charge is 0.313 e. The number of hydrogen-bond acceptors (Lipinski definition) is 7. The fourth-order valence-electron chi connectivity index (χ4n) is 8.19. The molecule has 0 aliphatic carbocycles. The molecule has 0 saturated carbocycles. The van der Waals surface area contributed by atoms with Crippen LogP contribution in [-0.2, 0) is 28.7 Å². The van der Waals surface area contributed by atoms with Gasteiger partial charge in [0.2, 0.25) is 11.8 Å². The van der Waals surface area contributed by atoms with E-state index in [4.69, 9.17) is 21.1 Å². The third kappa shape index (κ3) is 6.98. The highest BCUT2D eigenvalue weighted by Crippen LogP contribution is 2.60. The molecule has 10 nitrogen and oxygen atoms in total. The molecule has 3 saturated heterocycles. The average molecular weight is 720 g/mol. The summed E-state index contributed by atoms with van der Waals surface area (Å²) in [5.74, 6) is -3.78. The van der Waals surface area contributed by atoms with Crippen LogP contribution in [0.4, 0.5) is 5.69 Å².